The van der Waals surface area contributed by atoms with Crippen molar-refractivity contribution in [1.29, 1.82) is 0 Å². The van der Waals surface area contributed by atoms with Crippen LogP contribution in [0.3, 0.4) is 0 Å². The van der Waals surface area contributed by atoms with Crippen molar-refractivity contribution in [3.63, 3.8) is 0 Å². The summed E-state index contributed by atoms with van der Waals surface area (Å²) < 4.78 is 19.6. The summed E-state index contributed by atoms with van der Waals surface area (Å²) in [5, 5.41) is -0.0219. The van der Waals surface area contributed by atoms with Gasteiger partial charge < -0.3 is 13.6 Å². The van der Waals surface area contributed by atoms with E-state index in [4.69, 9.17) is 13.6 Å². The second-order valence-electron chi connectivity index (χ2n) is 9.84. The van der Waals surface area contributed by atoms with Crippen molar-refractivity contribution >= 4 is 14.3 Å². The molecule has 0 radical (unpaired) electrons. The third-order valence-electron chi connectivity index (χ3n) is 5.79. The highest BCUT2D eigenvalue weighted by Crippen LogP contribution is 2.55. The number of fused-ring (bicyclic) bond motifs is 1. The molecule has 0 spiro atoms. The normalized spacial score (nSPS) is 35.2. The van der Waals surface area contributed by atoms with Gasteiger partial charge in [-0.15, -0.1) is 0 Å². The van der Waals surface area contributed by atoms with Gasteiger partial charge in [-0.25, -0.2) is 0 Å². The summed E-state index contributed by atoms with van der Waals surface area (Å²) in [4.78, 5) is 11.8. The van der Waals surface area contributed by atoms with Crippen LogP contribution < -0.4 is 0 Å². The van der Waals surface area contributed by atoms with Crippen molar-refractivity contribution in [2.75, 3.05) is 6.61 Å². The van der Waals surface area contributed by atoms with Gasteiger partial charge in [0.2, 0.25) is 0 Å². The van der Waals surface area contributed by atoms with E-state index in [1.54, 1.807) is 6.92 Å². The molecule has 2 rings (SSSR count). The van der Waals surface area contributed by atoms with E-state index in [0.29, 0.717) is 12.5 Å². The molecule has 0 aliphatic carbocycles. The number of hydrogen-bond acceptors (Lipinski definition) is 4. The van der Waals surface area contributed by atoms with E-state index in [1.807, 2.05) is 6.92 Å². The lowest BCUT2D eigenvalue weighted by atomic mass is 9.83. The first-order chi connectivity index (χ1) is 10.8. The fourth-order valence-electron chi connectivity index (χ4n) is 4.55. The third kappa shape index (κ3) is 3.37. The Bertz CT molecular complexity index is 463. The molecule has 0 saturated carbocycles. The molecule has 140 valence electrons. The summed E-state index contributed by atoms with van der Waals surface area (Å²) in [6.07, 6.45) is 0.930. The van der Waals surface area contributed by atoms with Gasteiger partial charge in [0.05, 0.1) is 18.8 Å². The van der Waals surface area contributed by atoms with Crippen molar-refractivity contribution in [2.24, 2.45) is 11.8 Å². The van der Waals surface area contributed by atoms with Crippen LogP contribution in [0.25, 0.3) is 0 Å². The monoisotopic (exact) mass is 356 g/mol. The molecule has 0 aromatic rings. The summed E-state index contributed by atoms with van der Waals surface area (Å²) in [6, 6.07) is 0. The number of carbonyl (C=O) groups is 1. The van der Waals surface area contributed by atoms with E-state index in [0.717, 1.165) is 6.42 Å². The Morgan fingerprint density at radius 2 is 1.62 bits per heavy atom. The number of hydrogen-bond donors (Lipinski definition) is 0. The van der Waals surface area contributed by atoms with Gasteiger partial charge in [0.1, 0.15) is 11.9 Å². The third-order valence-corrected chi connectivity index (χ3v) is 10.9. The summed E-state index contributed by atoms with van der Waals surface area (Å²) in [5.41, 5.74) is 0. The molecule has 0 amide bonds. The van der Waals surface area contributed by atoms with Crippen molar-refractivity contribution < 1.29 is 18.4 Å². The second kappa shape index (κ2) is 6.49. The van der Waals surface area contributed by atoms with Crippen molar-refractivity contribution in [2.45, 2.75) is 97.1 Å². The summed E-state index contributed by atoms with van der Waals surface area (Å²) in [5.74, 6) is 0.432. The fraction of sp³-hybridized carbons (Fsp3) is 0.947. The zero-order valence-corrected chi connectivity index (χ0v) is 17.9. The fourth-order valence-corrected chi connectivity index (χ4v) is 9.51. The molecule has 2 aliphatic rings. The molecule has 5 heteroatoms. The first-order valence-electron chi connectivity index (χ1n) is 9.28. The molecule has 4 nitrogen and oxygen atoms in total. The molecule has 2 aliphatic heterocycles. The van der Waals surface area contributed by atoms with Gasteiger partial charge in [-0.2, -0.15) is 0 Å². The molecule has 5 atom stereocenters. The molecule has 0 unspecified atom stereocenters. The van der Waals surface area contributed by atoms with E-state index in [-0.39, 0.29) is 40.1 Å². The highest BCUT2D eigenvalue weighted by Gasteiger charge is 2.62. The van der Waals surface area contributed by atoms with Crippen LogP contribution >= 0.6 is 0 Å². The topological polar surface area (TPSA) is 44.8 Å². The number of carbonyl (C=O) groups excluding carboxylic acids is 1. The van der Waals surface area contributed by atoms with Gasteiger partial charge in [-0.1, -0.05) is 55.4 Å². The average molecular weight is 357 g/mol. The van der Waals surface area contributed by atoms with Crippen LogP contribution in [0.15, 0.2) is 0 Å². The summed E-state index contributed by atoms with van der Waals surface area (Å²) >= 11 is 0. The minimum absolute atomic E-state index is 0.0109. The molecule has 0 bridgehead atoms. The molecule has 0 aromatic heterocycles. The van der Waals surface area contributed by atoms with Crippen molar-refractivity contribution in [3.05, 3.63) is 0 Å². The number of ether oxygens (including phenoxy) is 1. The molecule has 24 heavy (non-hydrogen) atoms. The van der Waals surface area contributed by atoms with Crippen LogP contribution in [0.5, 0.6) is 0 Å². The Labute approximate surface area is 148 Å². The minimum Gasteiger partial charge on any atom is -0.391 e. The van der Waals surface area contributed by atoms with Gasteiger partial charge in [0, 0.05) is 16.0 Å². The first kappa shape index (κ1) is 20.1. The second-order valence-corrected chi connectivity index (χ2v) is 14.6. The maximum absolute atomic E-state index is 11.8. The zero-order chi connectivity index (χ0) is 18.5. The van der Waals surface area contributed by atoms with Crippen LogP contribution in [0.2, 0.25) is 10.1 Å². The van der Waals surface area contributed by atoms with Crippen LogP contribution in [0, 0.1) is 11.8 Å². The lowest BCUT2D eigenvalue weighted by molar-refractivity contribution is -0.192. The summed E-state index contributed by atoms with van der Waals surface area (Å²) in [7, 11) is -2.44. The minimum atomic E-state index is -2.44. The van der Waals surface area contributed by atoms with E-state index in [9.17, 15) is 4.79 Å². The Morgan fingerprint density at radius 3 is 2.08 bits per heavy atom. The van der Waals surface area contributed by atoms with Crippen LogP contribution in [0.4, 0.5) is 0 Å². The molecule has 2 fully saturated rings. The van der Waals surface area contributed by atoms with Crippen LogP contribution in [-0.4, -0.2) is 39.3 Å². The molecule has 2 saturated heterocycles. The predicted molar refractivity (Wildman–Crippen MR) is 98.3 cm³/mol. The number of Topliss-reactive ketones (excluding diaryl/α,β-unsaturated/α-hetero) is 1. The smallest absolute Gasteiger partial charge is 0.349 e. The van der Waals surface area contributed by atoms with Crippen LogP contribution in [0.1, 0.15) is 68.7 Å². The first-order valence-corrected chi connectivity index (χ1v) is 11.1. The number of ketones is 1. The van der Waals surface area contributed by atoms with E-state index < -0.39 is 8.56 Å². The predicted octanol–water partition coefficient (Wildman–Crippen LogP) is 4.46. The van der Waals surface area contributed by atoms with Gasteiger partial charge in [-0.05, 0) is 19.3 Å². The lowest BCUT2D eigenvalue weighted by Crippen LogP contribution is -2.67. The molecule has 2 heterocycles. The maximum Gasteiger partial charge on any atom is 0.349 e. The van der Waals surface area contributed by atoms with Gasteiger partial charge in [-0.3, -0.25) is 4.79 Å². The SMILES string of the molecule is CC(=O)[C@@H](C)[C@@H]1O[C@@H]2CO[Si](C(C)(C)C)(C(C)(C)C)O[C@@H]2C[C@@H]1C. The Balaban J connectivity index is 2.23. The quantitative estimate of drug-likeness (QED) is 0.685. The summed E-state index contributed by atoms with van der Waals surface area (Å²) in [6.45, 7) is 19.8. The highest BCUT2D eigenvalue weighted by atomic mass is 28.4. The maximum atomic E-state index is 11.8. The molecule has 0 aromatic carbocycles. The Kier molecular flexibility index (Phi) is 5.43. The highest BCUT2D eigenvalue weighted by molar-refractivity contribution is 6.73. The van der Waals surface area contributed by atoms with E-state index >= 15 is 0 Å². The number of rotatable bonds is 2. The molecule has 0 N–H and O–H groups in total. The lowest BCUT2D eigenvalue weighted by Gasteiger charge is -2.57. The van der Waals surface area contributed by atoms with Gasteiger partial charge in [0.25, 0.3) is 0 Å². The Hall–Kier alpha value is -0.233. The largest absolute Gasteiger partial charge is 0.391 e. The Morgan fingerprint density at radius 1 is 1.08 bits per heavy atom. The van der Waals surface area contributed by atoms with Crippen LogP contribution in [-0.2, 0) is 18.4 Å². The average Bonchev–Trinajstić information content (AvgIpc) is 2.42. The van der Waals surface area contributed by atoms with Gasteiger partial charge >= 0.3 is 8.56 Å². The standard InChI is InChI=1S/C19H36O4Si/c1-12-10-15-16(22-17(12)13(2)14(3)20)11-21-24(23-15,18(4,5)6)19(7,8)9/h12-13,15-17H,10-11H2,1-9H3/t12-,13+,15+,16+,17+/m0/s1. The molecular formula is C19H36O4Si. The molecular weight excluding hydrogens is 320 g/mol. The van der Waals surface area contributed by atoms with Crippen molar-refractivity contribution in [1.82, 2.24) is 0 Å². The van der Waals surface area contributed by atoms with E-state index in [2.05, 4.69) is 48.5 Å². The van der Waals surface area contributed by atoms with Gasteiger partial charge in [0.15, 0.2) is 0 Å². The zero-order valence-electron chi connectivity index (χ0n) is 16.9. The van der Waals surface area contributed by atoms with Crippen molar-refractivity contribution in [3.8, 4) is 0 Å². The van der Waals surface area contributed by atoms with E-state index in [1.165, 1.54) is 0 Å².